The fraction of sp³-hybridized carbons (Fsp3) is 0.163. The molecule has 1 nitrogen and oxygen atoms in total. The van der Waals surface area contributed by atoms with Gasteiger partial charge in [-0.25, -0.2) is 6.08 Å². The van der Waals surface area contributed by atoms with Crippen LogP contribution in [-0.4, -0.2) is 0 Å². The Balaban J connectivity index is 0.000000275. The molecule has 0 spiro atoms. The Hall–Kier alpha value is -3.87. The van der Waals surface area contributed by atoms with Crippen LogP contribution in [0.25, 0.3) is 0 Å². The van der Waals surface area contributed by atoms with Crippen LogP contribution in [0.5, 0.6) is 0 Å². The number of hydrogen-bond acceptors (Lipinski definition) is 0. The number of rotatable bonds is 11. The van der Waals surface area contributed by atoms with Gasteiger partial charge in [0.25, 0.3) is 0 Å². The molecule has 6 aromatic rings. The Labute approximate surface area is 342 Å². The summed E-state index contributed by atoms with van der Waals surface area (Å²) >= 11 is 1.82. The van der Waals surface area contributed by atoms with Crippen molar-refractivity contribution in [2.24, 2.45) is 0 Å². The smallest absolute Gasteiger partial charge is 0.0134 e. The molecule has 276 valence electrons. The maximum absolute atomic E-state index is 7.50. The van der Waals surface area contributed by atoms with Crippen molar-refractivity contribution in [3.8, 4) is 11.8 Å². The van der Waals surface area contributed by atoms with E-state index in [9.17, 15) is 0 Å². The Morgan fingerprint density at radius 2 is 0.759 bits per heavy atom. The summed E-state index contributed by atoms with van der Waals surface area (Å²) in [6, 6.07) is 64.7. The maximum Gasteiger partial charge on any atom is -0.0134 e. The molecule has 6 aromatic carbocycles. The van der Waals surface area contributed by atoms with E-state index >= 15 is 0 Å². The van der Waals surface area contributed by atoms with Crippen molar-refractivity contribution in [1.29, 1.82) is 0 Å². The van der Waals surface area contributed by atoms with Gasteiger partial charge in [-0.2, -0.15) is 6.08 Å². The van der Waals surface area contributed by atoms with Gasteiger partial charge in [0.1, 0.15) is 0 Å². The number of hydrogen-bond donors (Lipinski definition) is 0. The third-order valence-electron chi connectivity index (χ3n) is 7.71. The van der Waals surface area contributed by atoms with Crippen LogP contribution in [0.15, 0.2) is 188 Å². The molecular weight excluding hydrogens is 803 g/mol. The van der Waals surface area contributed by atoms with Gasteiger partial charge in [-0.15, -0.1) is 0 Å². The molecule has 54 heavy (non-hydrogen) atoms. The first kappa shape index (κ1) is 46.3. The van der Waals surface area contributed by atoms with Crippen LogP contribution < -0.4 is 31.8 Å². The summed E-state index contributed by atoms with van der Waals surface area (Å²) in [5.74, 6) is 5.99. The summed E-state index contributed by atoms with van der Waals surface area (Å²) in [5, 5.41) is 8.39. The molecule has 0 N–H and O–H groups in total. The van der Waals surface area contributed by atoms with Crippen molar-refractivity contribution in [3.63, 3.8) is 0 Å². The predicted octanol–water partition coefficient (Wildman–Crippen LogP) is 11.3. The first-order chi connectivity index (χ1) is 26.8. The second-order valence-electron chi connectivity index (χ2n) is 11.6. The van der Waals surface area contributed by atoms with E-state index in [1.54, 1.807) is 0 Å². The standard InChI is InChI=1S/2C18H15P.C12H19.CO.ClH.Ru/c2*1-4-10-16(11-5-1)19(17-12-6-2-7-13-17)18-14-8-3-9-15-18;1-3-5-7-9-11-12-10-8-6-4-2;1-2;;/h2*1-15H;9H,3-8H2,1-2H3;;1H;/q;;-1;;;+2/p-1. The molecule has 0 amide bonds. The zero-order chi connectivity index (χ0) is 38.9. The molecule has 0 saturated carbocycles. The van der Waals surface area contributed by atoms with E-state index in [2.05, 4.69) is 230 Å². The van der Waals surface area contributed by atoms with E-state index in [1.807, 2.05) is 23.4 Å². The molecule has 0 aliphatic carbocycles. The summed E-state index contributed by atoms with van der Waals surface area (Å²) in [4.78, 5) is 0. The quantitative estimate of drug-likeness (QED) is 0.0309. The van der Waals surface area contributed by atoms with Crippen LogP contribution in [0.2, 0.25) is 0 Å². The van der Waals surface area contributed by atoms with Crippen LogP contribution in [0.4, 0.5) is 0 Å². The third kappa shape index (κ3) is 18.0. The predicted molar refractivity (Wildman–Crippen MR) is 235 cm³/mol. The average molecular weight is 852 g/mol. The molecule has 0 saturated heterocycles. The summed E-state index contributed by atoms with van der Waals surface area (Å²) in [6.07, 6.45) is 12.1. The molecular formula is C49H49ClOP2Ru. The minimum absolute atomic E-state index is 0.446. The molecule has 0 bridgehead atoms. The van der Waals surface area contributed by atoms with Crippen molar-refractivity contribution in [2.75, 3.05) is 0 Å². The van der Waals surface area contributed by atoms with E-state index in [4.69, 9.17) is 4.65 Å². The summed E-state index contributed by atoms with van der Waals surface area (Å²) in [6.45, 7) is 8.88. The van der Waals surface area contributed by atoms with Crippen molar-refractivity contribution >= 4 is 57.4 Å². The monoisotopic (exact) mass is 852 g/mol. The Morgan fingerprint density at radius 1 is 0.500 bits per heavy atom. The van der Waals surface area contributed by atoms with Gasteiger partial charge in [0.2, 0.25) is 0 Å². The molecule has 6 rings (SSSR count). The van der Waals surface area contributed by atoms with E-state index in [1.165, 1.54) is 57.5 Å². The fourth-order valence-electron chi connectivity index (χ4n) is 5.16. The van der Waals surface area contributed by atoms with E-state index < -0.39 is 15.8 Å². The van der Waals surface area contributed by atoms with Gasteiger partial charge in [-0.05, 0) is 47.7 Å². The number of benzene rings is 6. The van der Waals surface area contributed by atoms with Gasteiger partial charge in [0.05, 0.1) is 0 Å². The minimum Gasteiger partial charge on any atom is -0.0622 e. The van der Waals surface area contributed by atoms with Gasteiger partial charge in [0, 0.05) is 0 Å². The SMILES string of the molecule is CCCCC#C[C-]=CCCCC.[C-]#[O+].[Cl][Ru+].c1ccc(P(c2ccccc2)c2ccccc2)cc1.c1ccc(P(c2ccccc2)c2ccccc2)cc1. The van der Waals surface area contributed by atoms with Crippen LogP contribution in [0.1, 0.15) is 52.4 Å². The minimum atomic E-state index is -0.446. The molecule has 0 aromatic heterocycles. The average Bonchev–Trinajstić information content (AvgIpc) is 3.26. The normalized spacial score (nSPS) is 9.78. The van der Waals surface area contributed by atoms with Crippen LogP contribution in [0, 0.1) is 24.6 Å². The molecule has 0 atom stereocenters. The number of allylic oxidation sites excluding steroid dienone is 2. The Morgan fingerprint density at radius 3 is 1.00 bits per heavy atom. The van der Waals surface area contributed by atoms with Crippen LogP contribution >= 0.6 is 25.5 Å². The van der Waals surface area contributed by atoms with Gasteiger partial charge in [0.15, 0.2) is 0 Å². The van der Waals surface area contributed by atoms with Crippen molar-refractivity contribution in [1.82, 2.24) is 0 Å². The first-order valence-corrected chi connectivity index (χ1v) is 23.0. The zero-order valence-electron chi connectivity index (χ0n) is 31.2. The summed E-state index contributed by atoms with van der Waals surface area (Å²) in [5.41, 5.74) is 0. The second kappa shape index (κ2) is 31.5. The third-order valence-corrected chi connectivity index (χ3v) is 12.6. The zero-order valence-corrected chi connectivity index (χ0v) is 35.5. The van der Waals surface area contributed by atoms with Gasteiger partial charge in [-0.3, -0.25) is 0 Å². The Kier molecular flexibility index (Phi) is 27.0. The number of halogens is 1. The Bertz CT molecular complexity index is 1550. The molecule has 0 aliphatic heterocycles. The van der Waals surface area contributed by atoms with Crippen molar-refractivity contribution < 1.29 is 22.0 Å². The van der Waals surface area contributed by atoms with E-state index in [-0.39, 0.29) is 0 Å². The van der Waals surface area contributed by atoms with E-state index in [0.29, 0.717) is 0 Å². The first-order valence-electron chi connectivity index (χ1n) is 18.1. The molecule has 0 heterocycles. The van der Waals surface area contributed by atoms with Crippen molar-refractivity contribution in [2.45, 2.75) is 52.4 Å². The van der Waals surface area contributed by atoms with Gasteiger partial charge >= 0.3 is 38.3 Å². The molecule has 0 aliphatic rings. The van der Waals surface area contributed by atoms with Crippen molar-refractivity contribution in [3.05, 3.63) is 201 Å². The number of unbranched alkanes of at least 4 members (excludes halogenated alkanes) is 4. The second-order valence-corrected chi connectivity index (χ2v) is 16.0. The molecule has 0 fully saturated rings. The van der Waals surface area contributed by atoms with Crippen LogP contribution in [-0.2, 0) is 22.0 Å². The maximum atomic E-state index is 7.50. The molecule has 0 unspecified atom stereocenters. The summed E-state index contributed by atoms with van der Waals surface area (Å²) in [7, 11) is 3.68. The summed E-state index contributed by atoms with van der Waals surface area (Å²) < 4.78 is 7.50. The molecule has 5 heteroatoms. The van der Waals surface area contributed by atoms with Gasteiger partial charge in [-0.1, -0.05) is 234 Å². The fourth-order valence-corrected chi connectivity index (χ4v) is 9.78. The topological polar surface area (TPSA) is 19.9 Å². The molecule has 0 radical (unpaired) electrons. The van der Waals surface area contributed by atoms with Gasteiger partial charge < -0.3 is 11.8 Å². The van der Waals surface area contributed by atoms with E-state index in [0.717, 1.165) is 12.8 Å². The van der Waals surface area contributed by atoms with Crippen LogP contribution in [0.3, 0.4) is 0 Å². The largest absolute Gasteiger partial charge is 0.0622 e.